The number of amides is 2. The van der Waals surface area contributed by atoms with Crippen LogP contribution in [0.4, 0.5) is 11.4 Å². The molecule has 2 rings (SSSR count). The van der Waals surface area contributed by atoms with Gasteiger partial charge in [0.05, 0.1) is 0 Å². The van der Waals surface area contributed by atoms with Crippen molar-refractivity contribution in [2.75, 3.05) is 10.6 Å². The maximum Gasteiger partial charge on any atom is 0.326 e. The second-order valence-electron chi connectivity index (χ2n) is 5.95. The zero-order valence-corrected chi connectivity index (χ0v) is 15.2. The van der Waals surface area contributed by atoms with Crippen LogP contribution >= 0.6 is 0 Å². The molecule has 6 N–H and O–H groups in total. The summed E-state index contributed by atoms with van der Waals surface area (Å²) in [5.74, 6) is 3.21. The molecule has 2 aromatic rings. The predicted molar refractivity (Wildman–Crippen MR) is 106 cm³/mol. The Morgan fingerprint density at radius 2 is 1.86 bits per heavy atom. The van der Waals surface area contributed by atoms with Crippen LogP contribution in [0.25, 0.3) is 0 Å². The first-order valence-corrected chi connectivity index (χ1v) is 8.37. The third-order valence-corrected chi connectivity index (χ3v) is 3.76. The van der Waals surface area contributed by atoms with E-state index in [1.54, 1.807) is 48.5 Å². The van der Waals surface area contributed by atoms with E-state index in [4.69, 9.17) is 10.9 Å². The zero-order chi connectivity index (χ0) is 20.5. The van der Waals surface area contributed by atoms with E-state index in [1.165, 1.54) is 13.3 Å². The number of hydrogen-bond donors (Lipinski definition) is 5. The molecule has 9 heteroatoms. The Bertz CT molecular complexity index is 880. The Morgan fingerprint density at radius 1 is 1.14 bits per heavy atom. The third-order valence-electron chi connectivity index (χ3n) is 3.76. The molecule has 146 valence electrons. The molecule has 0 heterocycles. The van der Waals surface area contributed by atoms with E-state index in [2.05, 4.69) is 21.1 Å². The molecule has 1 unspecified atom stereocenters. The third kappa shape index (κ3) is 6.13. The van der Waals surface area contributed by atoms with E-state index in [-0.39, 0.29) is 12.3 Å². The molecule has 0 radical (unpaired) electrons. The highest BCUT2D eigenvalue weighted by Gasteiger charge is 2.18. The molecule has 0 bridgehead atoms. The summed E-state index contributed by atoms with van der Waals surface area (Å²) < 4.78 is 0. The summed E-state index contributed by atoms with van der Waals surface area (Å²) in [5.41, 5.74) is 2.37. The van der Waals surface area contributed by atoms with Crippen LogP contribution in [0.5, 0.6) is 0 Å². The van der Waals surface area contributed by atoms with Crippen molar-refractivity contribution >= 4 is 35.5 Å². The summed E-state index contributed by atoms with van der Waals surface area (Å²) in [6, 6.07) is 12.5. The zero-order valence-electron chi connectivity index (χ0n) is 15.2. The van der Waals surface area contributed by atoms with Crippen LogP contribution in [0.2, 0.25) is 0 Å². The quantitative estimate of drug-likeness (QED) is 0.201. The topological polar surface area (TPSA) is 146 Å². The maximum atomic E-state index is 12.4. The van der Waals surface area contributed by atoms with E-state index in [1.807, 2.05) is 0 Å². The van der Waals surface area contributed by atoms with Gasteiger partial charge in [-0.25, -0.2) is 4.79 Å². The number of hydrogen-bond acceptors (Lipinski definition) is 5. The maximum absolute atomic E-state index is 12.4. The van der Waals surface area contributed by atoms with E-state index >= 15 is 0 Å². The number of nitrogens with two attached hydrogens (primary N) is 1. The minimum absolute atomic E-state index is 0.138. The lowest BCUT2D eigenvalue weighted by Gasteiger charge is -2.13. The van der Waals surface area contributed by atoms with Crippen molar-refractivity contribution in [3.63, 3.8) is 0 Å². The molecular weight excluding hydrogens is 362 g/mol. The Hall–Kier alpha value is -3.88. The van der Waals surface area contributed by atoms with Gasteiger partial charge in [0.15, 0.2) is 0 Å². The highest BCUT2D eigenvalue weighted by atomic mass is 16.4. The molecule has 1 atom stereocenters. The van der Waals surface area contributed by atoms with Gasteiger partial charge in [0.1, 0.15) is 12.4 Å². The van der Waals surface area contributed by atoms with Crippen molar-refractivity contribution < 1.29 is 19.5 Å². The molecule has 0 spiro atoms. The minimum atomic E-state index is -1.11. The molecule has 2 aromatic carbocycles. The van der Waals surface area contributed by atoms with Gasteiger partial charge in [0, 0.05) is 30.3 Å². The van der Waals surface area contributed by atoms with Crippen molar-refractivity contribution in [1.82, 2.24) is 5.32 Å². The lowest BCUT2D eigenvalue weighted by molar-refractivity contribution is -0.141. The number of carbonyl (C=O) groups is 3. The number of aliphatic carboxylic acids is 1. The van der Waals surface area contributed by atoms with Gasteiger partial charge >= 0.3 is 5.97 Å². The standard InChI is InChI=1S/C19H21N5O4/c1-12(25)23-17(19(27)28)9-13-5-7-15(8-6-13)24-18(26)14-3-2-4-16(10-14)21-11-22-20/h2-8,10-11,17H,9,20H2,1H3,(H,21,22)(H,23,25)(H,24,26)(H,27,28). The van der Waals surface area contributed by atoms with Gasteiger partial charge in [-0.3, -0.25) is 9.59 Å². The number of benzene rings is 2. The molecule has 28 heavy (non-hydrogen) atoms. The number of carbonyl (C=O) groups excluding carboxylic acids is 2. The average molecular weight is 383 g/mol. The highest BCUT2D eigenvalue weighted by molar-refractivity contribution is 6.05. The monoisotopic (exact) mass is 383 g/mol. The van der Waals surface area contributed by atoms with Crippen molar-refractivity contribution in [1.29, 1.82) is 0 Å². The number of carboxylic acid groups (broad SMARTS) is 1. The van der Waals surface area contributed by atoms with Crippen LogP contribution in [-0.4, -0.2) is 35.3 Å². The van der Waals surface area contributed by atoms with Crippen molar-refractivity contribution in [3.8, 4) is 0 Å². The molecule has 0 saturated carbocycles. The first-order chi connectivity index (χ1) is 13.4. The van der Waals surface area contributed by atoms with Crippen LogP contribution in [0, 0.1) is 0 Å². The summed E-state index contributed by atoms with van der Waals surface area (Å²) in [5, 5.41) is 20.5. The van der Waals surface area contributed by atoms with Gasteiger partial charge in [0.2, 0.25) is 5.91 Å². The van der Waals surface area contributed by atoms with Gasteiger partial charge < -0.3 is 26.9 Å². The van der Waals surface area contributed by atoms with E-state index < -0.39 is 17.9 Å². The lowest BCUT2D eigenvalue weighted by atomic mass is 10.1. The molecular formula is C19H21N5O4. The number of rotatable bonds is 8. The number of carboxylic acids is 1. The number of nitrogens with zero attached hydrogens (tertiary/aromatic N) is 1. The molecule has 0 aliphatic rings. The van der Waals surface area contributed by atoms with Crippen LogP contribution in [0.1, 0.15) is 22.8 Å². The first kappa shape index (κ1) is 20.4. The summed E-state index contributed by atoms with van der Waals surface area (Å²) in [7, 11) is 0. The summed E-state index contributed by atoms with van der Waals surface area (Å²) >= 11 is 0. The largest absolute Gasteiger partial charge is 0.480 e. The molecule has 0 fully saturated rings. The van der Waals surface area contributed by atoms with Gasteiger partial charge in [-0.1, -0.05) is 18.2 Å². The van der Waals surface area contributed by atoms with Crippen LogP contribution in [0.3, 0.4) is 0 Å². The fourth-order valence-electron chi connectivity index (χ4n) is 2.47. The molecule has 0 aliphatic carbocycles. The number of hydrazone groups is 1. The second kappa shape index (κ2) is 9.72. The fourth-order valence-corrected chi connectivity index (χ4v) is 2.47. The van der Waals surface area contributed by atoms with Crippen LogP contribution in [0.15, 0.2) is 53.6 Å². The van der Waals surface area contributed by atoms with E-state index in [0.29, 0.717) is 22.5 Å². The fraction of sp³-hybridized carbons (Fsp3) is 0.158. The van der Waals surface area contributed by atoms with Gasteiger partial charge in [-0.15, -0.1) is 0 Å². The minimum Gasteiger partial charge on any atom is -0.480 e. The van der Waals surface area contributed by atoms with Crippen molar-refractivity contribution in [3.05, 3.63) is 59.7 Å². The Kier molecular flexibility index (Phi) is 7.09. The van der Waals surface area contributed by atoms with Gasteiger partial charge in [-0.2, -0.15) is 5.10 Å². The summed E-state index contributed by atoms with van der Waals surface area (Å²) in [4.78, 5) is 34.7. The smallest absolute Gasteiger partial charge is 0.326 e. The average Bonchev–Trinajstić information content (AvgIpc) is 2.67. The first-order valence-electron chi connectivity index (χ1n) is 8.37. The predicted octanol–water partition coefficient (Wildman–Crippen LogP) is 1.38. The van der Waals surface area contributed by atoms with Gasteiger partial charge in [0.25, 0.3) is 5.91 Å². The Balaban J connectivity index is 2.02. The number of anilines is 2. The Morgan fingerprint density at radius 3 is 2.46 bits per heavy atom. The van der Waals surface area contributed by atoms with Crippen molar-refractivity contribution in [2.45, 2.75) is 19.4 Å². The normalized spacial score (nSPS) is 11.6. The summed E-state index contributed by atoms with van der Waals surface area (Å²) in [6.07, 6.45) is 1.45. The number of nitrogens with one attached hydrogen (secondary N) is 3. The van der Waals surface area contributed by atoms with Crippen LogP contribution < -0.4 is 21.8 Å². The van der Waals surface area contributed by atoms with Gasteiger partial charge in [-0.05, 0) is 35.9 Å². The highest BCUT2D eigenvalue weighted by Crippen LogP contribution is 2.15. The lowest BCUT2D eigenvalue weighted by Crippen LogP contribution is -2.41. The van der Waals surface area contributed by atoms with E-state index in [9.17, 15) is 14.4 Å². The SMILES string of the molecule is CC(=O)NC(Cc1ccc(NC(=O)c2cccc(NC=NN)c2)cc1)C(=O)O. The molecule has 0 saturated heterocycles. The van der Waals surface area contributed by atoms with Crippen molar-refractivity contribution in [2.24, 2.45) is 10.9 Å². The molecule has 9 nitrogen and oxygen atoms in total. The second-order valence-corrected chi connectivity index (χ2v) is 5.95. The molecule has 0 aliphatic heterocycles. The Labute approximate surface area is 161 Å². The van der Waals surface area contributed by atoms with E-state index in [0.717, 1.165) is 0 Å². The molecule has 0 aromatic heterocycles. The molecule has 2 amide bonds. The summed E-state index contributed by atoms with van der Waals surface area (Å²) in [6.45, 7) is 1.27. The van der Waals surface area contributed by atoms with Crippen LogP contribution in [-0.2, 0) is 16.0 Å².